The molecule has 1 heterocycles. The first-order valence-electron chi connectivity index (χ1n) is 21.0. The molecule has 3 aliphatic carbocycles. The Morgan fingerprint density at radius 2 is 0.611 bits per heavy atom. The number of hydrogen-bond acceptors (Lipinski definition) is 3. The van der Waals surface area contributed by atoms with Crippen molar-refractivity contribution in [2.45, 2.75) is 114 Å². The monoisotopic (exact) mass is 707 g/mol. The van der Waals surface area contributed by atoms with Crippen LogP contribution in [0.3, 0.4) is 0 Å². The van der Waals surface area contributed by atoms with Crippen LogP contribution in [0.1, 0.15) is 131 Å². The van der Waals surface area contributed by atoms with E-state index in [0.29, 0.717) is 35.2 Å². The van der Waals surface area contributed by atoms with Crippen molar-refractivity contribution in [2.75, 3.05) is 0 Å². The highest BCUT2D eigenvalue weighted by Crippen LogP contribution is 2.42. The van der Waals surface area contributed by atoms with Gasteiger partial charge in [0.1, 0.15) is 0 Å². The highest BCUT2D eigenvalue weighted by atomic mass is 15.0. The van der Waals surface area contributed by atoms with Gasteiger partial charge in [-0.15, -0.1) is 0 Å². The van der Waals surface area contributed by atoms with Gasteiger partial charge in [-0.25, -0.2) is 15.0 Å². The van der Waals surface area contributed by atoms with E-state index in [1.807, 2.05) is 36.4 Å². The topological polar surface area (TPSA) is 38.7 Å². The zero-order valence-corrected chi connectivity index (χ0v) is 31.7. The molecular weight excluding hydrogens is 655 g/mol. The first-order valence-corrected chi connectivity index (χ1v) is 21.0. The van der Waals surface area contributed by atoms with Crippen LogP contribution in [0.5, 0.6) is 0 Å². The summed E-state index contributed by atoms with van der Waals surface area (Å²) in [6.07, 6.45) is 20.2. The lowest BCUT2D eigenvalue weighted by molar-refractivity contribution is 0.435. The normalized spacial score (nSPS) is 17.4. The quantitative estimate of drug-likeness (QED) is 0.158. The minimum absolute atomic E-state index is 0.616. The molecule has 3 nitrogen and oxygen atoms in total. The van der Waals surface area contributed by atoms with Gasteiger partial charge in [0.05, 0.1) is 0 Å². The predicted molar refractivity (Wildman–Crippen MR) is 224 cm³/mol. The van der Waals surface area contributed by atoms with Crippen molar-refractivity contribution in [3.05, 3.63) is 138 Å². The molecule has 6 aromatic rings. The number of hydrogen-bond donors (Lipinski definition) is 0. The van der Waals surface area contributed by atoms with Gasteiger partial charge in [-0.3, -0.25) is 0 Å². The SMILES string of the molecule is c1ccc(-c2nc(-c3ccccc3)nc(-c3cccc(-c4cc(-c5cc(C6CCCCC6)cc(C6CCCCC6)c5)cc(C5CCCCC5)c4)c3)n2)cc1. The molecule has 54 heavy (non-hydrogen) atoms. The first-order chi connectivity index (χ1) is 26.7. The molecule has 0 aliphatic heterocycles. The Balaban J connectivity index is 1.15. The molecule has 3 heteroatoms. The average molecular weight is 708 g/mol. The van der Waals surface area contributed by atoms with Crippen LogP contribution in [-0.4, -0.2) is 15.0 Å². The number of aromatic nitrogens is 3. The molecule has 9 rings (SSSR count). The van der Waals surface area contributed by atoms with E-state index in [-0.39, 0.29) is 0 Å². The van der Waals surface area contributed by atoms with Crippen molar-refractivity contribution >= 4 is 0 Å². The van der Waals surface area contributed by atoms with Gasteiger partial charge in [0.15, 0.2) is 17.5 Å². The Bertz CT molecular complexity index is 2080. The number of rotatable bonds is 8. The Hall–Kier alpha value is -4.89. The fourth-order valence-corrected chi connectivity index (χ4v) is 9.62. The fraction of sp³-hybridized carbons (Fsp3) is 0.353. The average Bonchev–Trinajstić information content (AvgIpc) is 3.27. The summed E-state index contributed by atoms with van der Waals surface area (Å²) in [5.41, 5.74) is 13.0. The molecule has 3 aliphatic rings. The van der Waals surface area contributed by atoms with Crippen LogP contribution in [0.2, 0.25) is 0 Å². The van der Waals surface area contributed by atoms with E-state index in [2.05, 4.69) is 84.9 Å². The Labute approximate surface area is 322 Å². The van der Waals surface area contributed by atoms with Crippen molar-refractivity contribution in [3.63, 3.8) is 0 Å². The van der Waals surface area contributed by atoms with Crippen LogP contribution >= 0.6 is 0 Å². The van der Waals surface area contributed by atoms with Gasteiger partial charge < -0.3 is 0 Å². The van der Waals surface area contributed by atoms with Gasteiger partial charge in [0, 0.05) is 16.7 Å². The van der Waals surface area contributed by atoms with Gasteiger partial charge in [-0.1, -0.05) is 167 Å². The molecule has 0 radical (unpaired) electrons. The largest absolute Gasteiger partial charge is 0.208 e. The van der Waals surface area contributed by atoms with Crippen molar-refractivity contribution in [3.8, 4) is 56.4 Å². The minimum Gasteiger partial charge on any atom is -0.208 e. The van der Waals surface area contributed by atoms with Crippen LogP contribution < -0.4 is 0 Å². The Kier molecular flexibility index (Phi) is 10.5. The van der Waals surface area contributed by atoms with Crippen molar-refractivity contribution < 1.29 is 0 Å². The predicted octanol–water partition coefficient (Wildman–Crippen LogP) is 14.3. The van der Waals surface area contributed by atoms with Crippen molar-refractivity contribution in [1.29, 1.82) is 0 Å². The standard InChI is InChI=1S/C51H53N3/c1-6-17-36(18-7-1)43-30-44(37-19-8-2-9-20-37)33-47(32-43)48-34-45(38-21-10-3-11-22-38)31-46(35-48)41-27-16-28-42(29-41)51-53-49(39-23-12-4-13-24-39)52-50(54-51)40-25-14-5-15-26-40/h4-5,12-16,23-38H,1-3,6-11,17-22H2. The third kappa shape index (κ3) is 7.83. The smallest absolute Gasteiger partial charge is 0.164 e. The van der Waals surface area contributed by atoms with Crippen LogP contribution in [0.4, 0.5) is 0 Å². The molecule has 0 unspecified atom stereocenters. The Morgan fingerprint density at radius 3 is 1.07 bits per heavy atom. The zero-order valence-electron chi connectivity index (χ0n) is 31.7. The molecule has 0 spiro atoms. The van der Waals surface area contributed by atoms with E-state index in [1.165, 1.54) is 124 Å². The molecule has 0 N–H and O–H groups in total. The summed E-state index contributed by atoms with van der Waals surface area (Å²) < 4.78 is 0. The lowest BCUT2D eigenvalue weighted by atomic mass is 9.78. The second kappa shape index (κ2) is 16.2. The van der Waals surface area contributed by atoms with E-state index in [9.17, 15) is 0 Å². The molecule has 272 valence electrons. The minimum atomic E-state index is 0.616. The summed E-state index contributed by atoms with van der Waals surface area (Å²) in [6.45, 7) is 0. The highest BCUT2D eigenvalue weighted by Gasteiger charge is 2.23. The first kappa shape index (κ1) is 34.9. The van der Waals surface area contributed by atoms with Gasteiger partial charge in [-0.2, -0.15) is 0 Å². The molecule has 0 amide bonds. The number of benzene rings is 5. The zero-order chi connectivity index (χ0) is 36.1. The molecule has 0 saturated heterocycles. The summed E-state index contributed by atoms with van der Waals surface area (Å²) >= 11 is 0. The lowest BCUT2D eigenvalue weighted by Crippen LogP contribution is -2.09. The van der Waals surface area contributed by atoms with E-state index < -0.39 is 0 Å². The Morgan fingerprint density at radius 1 is 0.278 bits per heavy atom. The molecule has 3 fully saturated rings. The van der Waals surface area contributed by atoms with Gasteiger partial charge >= 0.3 is 0 Å². The van der Waals surface area contributed by atoms with Gasteiger partial charge in [-0.05, 0) is 107 Å². The molecule has 5 aromatic carbocycles. The fourth-order valence-electron chi connectivity index (χ4n) is 9.62. The highest BCUT2D eigenvalue weighted by molar-refractivity contribution is 5.78. The summed E-state index contributed by atoms with van der Waals surface area (Å²) in [6, 6.07) is 44.8. The van der Waals surface area contributed by atoms with Gasteiger partial charge in [0.25, 0.3) is 0 Å². The van der Waals surface area contributed by atoms with Crippen LogP contribution in [0, 0.1) is 0 Å². The molecule has 1 aromatic heterocycles. The second-order valence-electron chi connectivity index (χ2n) is 16.4. The number of nitrogens with zero attached hydrogens (tertiary/aromatic N) is 3. The van der Waals surface area contributed by atoms with E-state index >= 15 is 0 Å². The van der Waals surface area contributed by atoms with Crippen molar-refractivity contribution in [1.82, 2.24) is 15.0 Å². The summed E-state index contributed by atoms with van der Waals surface area (Å²) in [5.74, 6) is 4.09. The van der Waals surface area contributed by atoms with E-state index in [1.54, 1.807) is 11.1 Å². The van der Waals surface area contributed by atoms with E-state index in [0.717, 1.165) is 16.7 Å². The maximum Gasteiger partial charge on any atom is 0.164 e. The summed E-state index contributed by atoms with van der Waals surface area (Å²) in [5, 5.41) is 0. The second-order valence-corrected chi connectivity index (χ2v) is 16.4. The maximum absolute atomic E-state index is 5.08. The summed E-state index contributed by atoms with van der Waals surface area (Å²) in [4.78, 5) is 15.1. The lowest BCUT2D eigenvalue weighted by Gasteiger charge is -2.27. The van der Waals surface area contributed by atoms with Crippen molar-refractivity contribution in [2.24, 2.45) is 0 Å². The summed E-state index contributed by atoms with van der Waals surface area (Å²) in [7, 11) is 0. The molecule has 0 bridgehead atoms. The van der Waals surface area contributed by atoms with Gasteiger partial charge in [0.2, 0.25) is 0 Å². The molecular formula is C51H53N3. The van der Waals surface area contributed by atoms with E-state index in [4.69, 9.17) is 15.0 Å². The van der Waals surface area contributed by atoms with Crippen LogP contribution in [-0.2, 0) is 0 Å². The van der Waals surface area contributed by atoms with Crippen LogP contribution in [0.15, 0.2) is 121 Å². The molecule has 0 atom stereocenters. The molecule has 3 saturated carbocycles. The maximum atomic E-state index is 5.08. The van der Waals surface area contributed by atoms with Crippen LogP contribution in [0.25, 0.3) is 56.4 Å². The third-order valence-corrected chi connectivity index (χ3v) is 12.6. The third-order valence-electron chi connectivity index (χ3n) is 12.6.